The first-order valence-electron chi connectivity index (χ1n) is 11.2. The zero-order valence-corrected chi connectivity index (χ0v) is 21.8. The molecule has 4 aromatic rings. The molecule has 0 saturated heterocycles. The van der Waals surface area contributed by atoms with Crippen molar-refractivity contribution in [1.29, 1.82) is 0 Å². The van der Waals surface area contributed by atoms with Crippen LogP contribution < -0.4 is 5.56 Å². The lowest BCUT2D eigenvalue weighted by molar-refractivity contribution is -0.127. The molecule has 0 fully saturated rings. The molecular formula is C25H26N4O2S3. The van der Waals surface area contributed by atoms with Crippen LogP contribution in [0, 0.1) is 3.95 Å². The van der Waals surface area contributed by atoms with Crippen molar-refractivity contribution >= 4 is 51.6 Å². The molecule has 0 unspecified atom stereocenters. The number of aromatic nitrogens is 3. The molecule has 0 atom stereocenters. The Balaban J connectivity index is 1.89. The third kappa shape index (κ3) is 4.73. The number of fused-ring (bicyclic) bond motifs is 1. The van der Waals surface area contributed by atoms with E-state index in [-0.39, 0.29) is 17.2 Å². The van der Waals surface area contributed by atoms with Gasteiger partial charge in [-0.15, -0.1) is 0 Å². The topological polar surface area (TPSA) is 60.1 Å². The molecule has 0 spiro atoms. The Morgan fingerprint density at radius 2 is 1.65 bits per heavy atom. The van der Waals surface area contributed by atoms with Crippen LogP contribution in [0.3, 0.4) is 0 Å². The SMILES string of the molecule is CCc1ccc(-n2c(=S)sc3c(=O)n(-c4ccccc4)c(SCC(=O)N(CC)CC)nc32)cc1. The lowest BCUT2D eigenvalue weighted by Gasteiger charge is -2.19. The highest BCUT2D eigenvalue weighted by molar-refractivity contribution is 7.99. The Kier molecular flexibility index (Phi) is 7.65. The molecule has 6 nitrogen and oxygen atoms in total. The van der Waals surface area contributed by atoms with Gasteiger partial charge in [-0.3, -0.25) is 18.7 Å². The number of hydrogen-bond acceptors (Lipinski definition) is 6. The van der Waals surface area contributed by atoms with Gasteiger partial charge < -0.3 is 4.90 Å². The quantitative estimate of drug-likeness (QED) is 0.178. The van der Waals surface area contributed by atoms with Crippen LogP contribution in [0.2, 0.25) is 0 Å². The second kappa shape index (κ2) is 10.7. The van der Waals surface area contributed by atoms with E-state index in [2.05, 4.69) is 19.1 Å². The smallest absolute Gasteiger partial charge is 0.278 e. The molecule has 4 rings (SSSR count). The van der Waals surface area contributed by atoms with E-state index in [9.17, 15) is 9.59 Å². The van der Waals surface area contributed by atoms with Crippen LogP contribution in [0.5, 0.6) is 0 Å². The predicted octanol–water partition coefficient (Wildman–Crippen LogP) is 5.49. The number of carbonyl (C=O) groups excluding carboxylic acids is 1. The van der Waals surface area contributed by atoms with E-state index in [4.69, 9.17) is 17.2 Å². The van der Waals surface area contributed by atoms with Crippen molar-refractivity contribution in [3.8, 4) is 11.4 Å². The highest BCUT2D eigenvalue weighted by Crippen LogP contribution is 2.27. The Morgan fingerprint density at radius 3 is 2.26 bits per heavy atom. The highest BCUT2D eigenvalue weighted by atomic mass is 32.2. The molecule has 0 aliphatic rings. The molecule has 0 aliphatic heterocycles. The number of para-hydroxylation sites is 1. The summed E-state index contributed by atoms with van der Waals surface area (Å²) in [4.78, 5) is 33.1. The Morgan fingerprint density at radius 1 is 1.00 bits per heavy atom. The second-order valence-corrected chi connectivity index (χ2v) is 10.2. The van der Waals surface area contributed by atoms with Crippen LogP contribution in [-0.2, 0) is 11.2 Å². The normalized spacial score (nSPS) is 11.1. The highest BCUT2D eigenvalue weighted by Gasteiger charge is 2.20. The van der Waals surface area contributed by atoms with Crippen molar-refractivity contribution in [2.75, 3.05) is 18.8 Å². The standard InChI is InChI=1S/C25H26N4O2S3/c1-4-17-12-14-19(15-13-17)28-22-21(34-25(28)32)23(31)29(18-10-8-7-9-11-18)24(26-22)33-16-20(30)27(5-2)6-3/h7-15H,4-6,16H2,1-3H3. The van der Waals surface area contributed by atoms with E-state index in [0.717, 1.165) is 12.1 Å². The zero-order valence-electron chi connectivity index (χ0n) is 19.4. The molecule has 2 heterocycles. The molecular weight excluding hydrogens is 485 g/mol. The van der Waals surface area contributed by atoms with Gasteiger partial charge in [-0.25, -0.2) is 4.98 Å². The molecule has 176 valence electrons. The number of rotatable bonds is 8. The van der Waals surface area contributed by atoms with Crippen molar-refractivity contribution in [3.63, 3.8) is 0 Å². The van der Waals surface area contributed by atoms with Crippen LogP contribution in [0.4, 0.5) is 0 Å². The average molecular weight is 511 g/mol. The number of nitrogens with zero attached hydrogens (tertiary/aromatic N) is 4. The average Bonchev–Trinajstić information content (AvgIpc) is 3.20. The lowest BCUT2D eigenvalue weighted by Crippen LogP contribution is -2.32. The number of aryl methyl sites for hydroxylation is 1. The van der Waals surface area contributed by atoms with Gasteiger partial charge in [-0.1, -0.05) is 60.4 Å². The molecule has 0 bridgehead atoms. The van der Waals surface area contributed by atoms with E-state index >= 15 is 0 Å². The van der Waals surface area contributed by atoms with E-state index in [0.29, 0.717) is 38.2 Å². The Labute approximate surface area is 211 Å². The van der Waals surface area contributed by atoms with Crippen LogP contribution in [0.15, 0.2) is 64.5 Å². The van der Waals surface area contributed by atoms with E-state index in [1.165, 1.54) is 28.7 Å². The fourth-order valence-corrected chi connectivity index (χ4v) is 5.95. The number of hydrogen-bond donors (Lipinski definition) is 0. The van der Waals surface area contributed by atoms with Gasteiger partial charge in [0.25, 0.3) is 5.56 Å². The minimum absolute atomic E-state index is 0.0151. The Hall–Kier alpha value is -2.75. The summed E-state index contributed by atoms with van der Waals surface area (Å²) in [6.45, 7) is 7.31. The van der Waals surface area contributed by atoms with Crippen LogP contribution >= 0.6 is 35.3 Å². The van der Waals surface area contributed by atoms with Crippen molar-refractivity contribution in [1.82, 2.24) is 19.0 Å². The molecule has 34 heavy (non-hydrogen) atoms. The monoisotopic (exact) mass is 510 g/mol. The van der Waals surface area contributed by atoms with Gasteiger partial charge in [-0.05, 0) is 62.3 Å². The number of amides is 1. The molecule has 0 saturated carbocycles. The maximum Gasteiger partial charge on any atom is 0.278 e. The first-order valence-corrected chi connectivity index (χ1v) is 13.4. The first kappa shape index (κ1) is 24.4. The summed E-state index contributed by atoms with van der Waals surface area (Å²) in [5.41, 5.74) is 3.13. The van der Waals surface area contributed by atoms with Crippen LogP contribution in [0.25, 0.3) is 21.7 Å². The summed E-state index contributed by atoms with van der Waals surface area (Å²) < 4.78 is 4.48. The van der Waals surface area contributed by atoms with Crippen LogP contribution in [0.1, 0.15) is 26.3 Å². The minimum Gasteiger partial charge on any atom is -0.343 e. The van der Waals surface area contributed by atoms with Gasteiger partial charge in [0, 0.05) is 18.8 Å². The van der Waals surface area contributed by atoms with Crippen molar-refractivity contribution < 1.29 is 4.79 Å². The third-order valence-corrected chi connectivity index (χ3v) is 7.91. The van der Waals surface area contributed by atoms with Gasteiger partial charge in [0.1, 0.15) is 4.70 Å². The van der Waals surface area contributed by atoms with Gasteiger partial charge in [0.05, 0.1) is 11.4 Å². The van der Waals surface area contributed by atoms with E-state index < -0.39 is 0 Å². The van der Waals surface area contributed by atoms with Gasteiger partial charge >= 0.3 is 0 Å². The fraction of sp³-hybridized carbons (Fsp3) is 0.280. The van der Waals surface area contributed by atoms with Crippen molar-refractivity contribution in [2.24, 2.45) is 0 Å². The number of benzene rings is 2. The summed E-state index contributed by atoms with van der Waals surface area (Å²) in [6, 6.07) is 17.5. The molecule has 0 aliphatic carbocycles. The van der Waals surface area contributed by atoms with Crippen molar-refractivity contribution in [2.45, 2.75) is 32.3 Å². The zero-order chi connectivity index (χ0) is 24.2. The lowest BCUT2D eigenvalue weighted by atomic mass is 10.1. The molecule has 2 aromatic heterocycles. The van der Waals surface area contributed by atoms with E-state index in [1.807, 2.05) is 60.9 Å². The van der Waals surface area contributed by atoms with Gasteiger partial charge in [0.15, 0.2) is 14.8 Å². The minimum atomic E-state index is -0.186. The van der Waals surface area contributed by atoms with Crippen LogP contribution in [-0.4, -0.2) is 43.8 Å². The Bertz CT molecular complexity index is 1420. The van der Waals surface area contributed by atoms with Crippen molar-refractivity contribution in [3.05, 3.63) is 74.5 Å². The summed E-state index contributed by atoms with van der Waals surface area (Å²) in [6.07, 6.45) is 0.942. The van der Waals surface area contributed by atoms with Gasteiger partial charge in [0.2, 0.25) is 5.91 Å². The summed E-state index contributed by atoms with van der Waals surface area (Å²) >= 11 is 8.19. The van der Waals surface area contributed by atoms with Gasteiger partial charge in [-0.2, -0.15) is 0 Å². The molecule has 1 amide bonds. The van der Waals surface area contributed by atoms with E-state index in [1.54, 1.807) is 9.47 Å². The second-order valence-electron chi connectivity index (χ2n) is 7.60. The first-order chi connectivity index (χ1) is 16.5. The predicted molar refractivity (Wildman–Crippen MR) is 143 cm³/mol. The maximum absolute atomic E-state index is 13.7. The molecule has 2 aromatic carbocycles. The molecule has 0 N–H and O–H groups in total. The number of carbonyl (C=O) groups is 1. The summed E-state index contributed by atoms with van der Waals surface area (Å²) in [7, 11) is 0. The summed E-state index contributed by atoms with van der Waals surface area (Å²) in [5.74, 6) is 0.212. The third-order valence-electron chi connectivity index (χ3n) is 5.64. The largest absolute Gasteiger partial charge is 0.343 e. The molecule has 9 heteroatoms. The fourth-order valence-electron chi connectivity index (χ4n) is 3.74. The summed E-state index contributed by atoms with van der Waals surface area (Å²) in [5, 5.41) is 0.468. The number of thioether (sulfide) groups is 1. The number of thiazole rings is 1. The maximum atomic E-state index is 13.7. The molecule has 0 radical (unpaired) electrons.